The number of pyridine rings is 1. The molecule has 0 unspecified atom stereocenters. The minimum atomic E-state index is -4.46. The van der Waals surface area contributed by atoms with E-state index in [2.05, 4.69) is 15.1 Å². The molecule has 0 spiro atoms. The molecule has 3 aromatic heterocycles. The van der Waals surface area contributed by atoms with Crippen LogP contribution in [0.1, 0.15) is 46.5 Å². The SMILES string of the molecule is COCc1cc(=O)n2nc(N3Cc4cc(C(F)(F)F)cnc4[C@H](C)C3)c(C)c(C)c2n1. The number of hydrogen-bond acceptors (Lipinski definition) is 6. The van der Waals surface area contributed by atoms with E-state index >= 15 is 0 Å². The van der Waals surface area contributed by atoms with E-state index in [0.717, 1.165) is 23.4 Å². The quantitative estimate of drug-likeness (QED) is 0.631. The van der Waals surface area contributed by atoms with Crippen molar-refractivity contribution in [3.63, 3.8) is 0 Å². The average molecular weight is 433 g/mol. The Morgan fingerprint density at radius 2 is 1.97 bits per heavy atom. The van der Waals surface area contributed by atoms with Crippen molar-refractivity contribution >= 4 is 11.5 Å². The zero-order valence-electron chi connectivity index (χ0n) is 17.6. The van der Waals surface area contributed by atoms with Crippen LogP contribution in [0.2, 0.25) is 0 Å². The van der Waals surface area contributed by atoms with Gasteiger partial charge in [0.05, 0.1) is 17.9 Å². The molecule has 0 bridgehead atoms. The summed E-state index contributed by atoms with van der Waals surface area (Å²) in [5, 5.41) is 4.52. The molecule has 0 aromatic carbocycles. The molecule has 0 saturated carbocycles. The average Bonchev–Trinajstić information content (AvgIpc) is 2.70. The molecule has 1 atom stereocenters. The van der Waals surface area contributed by atoms with Crippen molar-refractivity contribution in [2.75, 3.05) is 18.6 Å². The summed E-state index contributed by atoms with van der Waals surface area (Å²) in [4.78, 5) is 23.1. The van der Waals surface area contributed by atoms with Gasteiger partial charge in [-0.25, -0.2) is 4.98 Å². The number of alkyl halides is 3. The lowest BCUT2D eigenvalue weighted by Crippen LogP contribution is -2.36. The summed E-state index contributed by atoms with van der Waals surface area (Å²) in [5.41, 5.74) is 2.59. The van der Waals surface area contributed by atoms with Crippen molar-refractivity contribution in [3.8, 4) is 0 Å². The van der Waals surface area contributed by atoms with Crippen LogP contribution >= 0.6 is 0 Å². The summed E-state index contributed by atoms with van der Waals surface area (Å²) in [6.07, 6.45) is -3.57. The first kappa shape index (κ1) is 21.2. The van der Waals surface area contributed by atoms with Crippen molar-refractivity contribution in [2.45, 2.75) is 46.0 Å². The maximum atomic E-state index is 13.2. The number of hydrogen-bond donors (Lipinski definition) is 0. The lowest BCUT2D eigenvalue weighted by molar-refractivity contribution is -0.137. The molecule has 0 aliphatic carbocycles. The van der Waals surface area contributed by atoms with E-state index in [0.29, 0.717) is 35.0 Å². The summed E-state index contributed by atoms with van der Waals surface area (Å²) in [5.74, 6) is 0.450. The highest BCUT2D eigenvalue weighted by molar-refractivity contribution is 5.60. The zero-order chi connectivity index (χ0) is 22.5. The van der Waals surface area contributed by atoms with Gasteiger partial charge in [0, 0.05) is 55.2 Å². The van der Waals surface area contributed by atoms with Gasteiger partial charge < -0.3 is 9.64 Å². The molecule has 1 aliphatic rings. The lowest BCUT2D eigenvalue weighted by Gasteiger charge is -2.34. The predicted octanol–water partition coefficient (Wildman–Crippen LogP) is 3.39. The van der Waals surface area contributed by atoms with Crippen LogP contribution in [0.15, 0.2) is 23.1 Å². The first-order valence-corrected chi connectivity index (χ1v) is 9.80. The highest BCUT2D eigenvalue weighted by Gasteiger charge is 2.34. The van der Waals surface area contributed by atoms with Gasteiger partial charge in [-0.1, -0.05) is 6.92 Å². The van der Waals surface area contributed by atoms with Crippen LogP contribution in [0.25, 0.3) is 5.65 Å². The van der Waals surface area contributed by atoms with Gasteiger partial charge >= 0.3 is 6.18 Å². The van der Waals surface area contributed by atoms with Gasteiger partial charge in [0.15, 0.2) is 11.5 Å². The third-order valence-electron chi connectivity index (χ3n) is 5.62. The summed E-state index contributed by atoms with van der Waals surface area (Å²) in [7, 11) is 1.53. The number of anilines is 1. The minimum Gasteiger partial charge on any atom is -0.378 e. The van der Waals surface area contributed by atoms with Gasteiger partial charge in [-0.3, -0.25) is 9.78 Å². The van der Waals surface area contributed by atoms with Gasteiger partial charge in [-0.05, 0) is 25.5 Å². The van der Waals surface area contributed by atoms with Crippen LogP contribution in [0, 0.1) is 13.8 Å². The lowest BCUT2D eigenvalue weighted by atomic mass is 9.95. The van der Waals surface area contributed by atoms with Crippen LogP contribution in [-0.2, 0) is 24.1 Å². The van der Waals surface area contributed by atoms with Crippen molar-refractivity contribution in [2.24, 2.45) is 0 Å². The third kappa shape index (κ3) is 3.76. The van der Waals surface area contributed by atoms with Crippen molar-refractivity contribution in [1.82, 2.24) is 19.6 Å². The number of halogens is 3. The Kier molecular flexibility index (Phi) is 5.20. The number of rotatable bonds is 3. The molecule has 4 rings (SSSR count). The second kappa shape index (κ2) is 7.60. The van der Waals surface area contributed by atoms with E-state index in [1.807, 2.05) is 25.7 Å². The maximum absolute atomic E-state index is 13.2. The van der Waals surface area contributed by atoms with E-state index < -0.39 is 11.7 Å². The van der Waals surface area contributed by atoms with Crippen molar-refractivity contribution < 1.29 is 17.9 Å². The van der Waals surface area contributed by atoms with Crippen LogP contribution in [0.3, 0.4) is 0 Å². The van der Waals surface area contributed by atoms with E-state index in [1.165, 1.54) is 17.7 Å². The minimum absolute atomic E-state index is 0.0952. The van der Waals surface area contributed by atoms with Gasteiger partial charge in [-0.2, -0.15) is 17.7 Å². The Labute approximate surface area is 176 Å². The van der Waals surface area contributed by atoms with Crippen molar-refractivity contribution in [1.29, 1.82) is 0 Å². The molecule has 7 nitrogen and oxygen atoms in total. The number of nitrogens with zero attached hydrogens (tertiary/aromatic N) is 5. The first-order valence-electron chi connectivity index (χ1n) is 9.80. The molecular formula is C21H22F3N5O2. The fourth-order valence-electron chi connectivity index (χ4n) is 3.99. The third-order valence-corrected chi connectivity index (χ3v) is 5.62. The Morgan fingerprint density at radius 1 is 1.23 bits per heavy atom. The standard InChI is InChI=1S/C21H22F3N5O2/c1-11-8-28(9-14-5-15(21(22,23)24)7-25-18(11)14)20-13(3)12(2)19-26-16(10-31-4)6-17(30)29(19)27-20/h5-7,11H,8-10H2,1-4H3/t11-/m1/s1. The fraction of sp³-hybridized carbons (Fsp3) is 0.429. The summed E-state index contributed by atoms with van der Waals surface area (Å²) in [6.45, 7) is 6.59. The summed E-state index contributed by atoms with van der Waals surface area (Å²) >= 11 is 0. The van der Waals surface area contributed by atoms with Crippen molar-refractivity contribution in [3.05, 3.63) is 62.3 Å². The van der Waals surface area contributed by atoms with Gasteiger partial charge in [0.25, 0.3) is 5.56 Å². The van der Waals surface area contributed by atoms with Gasteiger partial charge in [0.1, 0.15) is 0 Å². The molecule has 10 heteroatoms. The molecule has 0 fully saturated rings. The van der Waals surface area contributed by atoms with Gasteiger partial charge in [-0.15, -0.1) is 5.10 Å². The first-order chi connectivity index (χ1) is 14.6. The van der Waals surface area contributed by atoms with E-state index in [1.54, 1.807) is 0 Å². The Bertz CT molecular complexity index is 1220. The fourth-order valence-corrected chi connectivity index (χ4v) is 3.99. The molecule has 31 heavy (non-hydrogen) atoms. The number of ether oxygens (including phenoxy) is 1. The molecule has 1 aliphatic heterocycles. The van der Waals surface area contributed by atoms with E-state index in [-0.39, 0.29) is 24.6 Å². The van der Waals surface area contributed by atoms with Gasteiger partial charge in [0.2, 0.25) is 0 Å². The molecule has 164 valence electrons. The molecule has 0 radical (unpaired) electrons. The van der Waals surface area contributed by atoms with E-state index in [4.69, 9.17) is 4.74 Å². The highest BCUT2D eigenvalue weighted by atomic mass is 19.4. The maximum Gasteiger partial charge on any atom is 0.417 e. The Morgan fingerprint density at radius 3 is 2.65 bits per heavy atom. The Hall–Kier alpha value is -3.01. The number of methoxy groups -OCH3 is 1. The monoisotopic (exact) mass is 433 g/mol. The molecule has 0 N–H and O–H groups in total. The topological polar surface area (TPSA) is 72.6 Å². The molecular weight excluding hydrogens is 411 g/mol. The number of aryl methyl sites for hydroxylation is 1. The van der Waals surface area contributed by atoms with Crippen LogP contribution in [0.5, 0.6) is 0 Å². The largest absolute Gasteiger partial charge is 0.417 e. The summed E-state index contributed by atoms with van der Waals surface area (Å²) < 4.78 is 45.8. The number of fused-ring (bicyclic) bond motifs is 2. The summed E-state index contributed by atoms with van der Waals surface area (Å²) in [6, 6.07) is 2.52. The normalized spacial score (nSPS) is 16.6. The smallest absolute Gasteiger partial charge is 0.378 e. The Balaban J connectivity index is 1.81. The van der Waals surface area contributed by atoms with E-state index in [9.17, 15) is 18.0 Å². The predicted molar refractivity (Wildman–Crippen MR) is 108 cm³/mol. The van der Waals surface area contributed by atoms with Crippen LogP contribution in [-0.4, -0.2) is 33.2 Å². The van der Waals surface area contributed by atoms with Crippen LogP contribution < -0.4 is 10.5 Å². The zero-order valence-corrected chi connectivity index (χ0v) is 17.6. The molecule has 4 heterocycles. The molecule has 0 saturated heterocycles. The van der Waals surface area contributed by atoms with Crippen LogP contribution in [0.4, 0.5) is 19.0 Å². The number of aromatic nitrogens is 4. The second-order valence-electron chi connectivity index (χ2n) is 7.88. The molecule has 0 amide bonds. The second-order valence-corrected chi connectivity index (χ2v) is 7.88. The molecule has 3 aromatic rings. The highest BCUT2D eigenvalue weighted by Crippen LogP contribution is 2.35.